The topological polar surface area (TPSA) is 80.9 Å². The van der Waals surface area contributed by atoms with Crippen LogP contribution < -0.4 is 11.1 Å². The lowest BCUT2D eigenvalue weighted by molar-refractivity contribution is -0.118. The second kappa shape index (κ2) is 7.72. The Balaban J connectivity index is 1.72. The maximum atomic E-state index is 10.6. The SMILES string of the molecule is NC(=O)CCCCNCc1csc(-c2ccccn2)n1. The van der Waals surface area contributed by atoms with E-state index in [-0.39, 0.29) is 5.91 Å². The summed E-state index contributed by atoms with van der Waals surface area (Å²) in [5.41, 5.74) is 7.01. The van der Waals surface area contributed by atoms with Gasteiger partial charge in [0.05, 0.1) is 11.4 Å². The molecule has 0 bridgehead atoms. The third kappa shape index (κ3) is 4.71. The Hall–Kier alpha value is -1.79. The van der Waals surface area contributed by atoms with Crippen molar-refractivity contribution in [1.82, 2.24) is 15.3 Å². The molecule has 0 unspecified atom stereocenters. The Morgan fingerprint density at radius 3 is 3.00 bits per heavy atom. The molecule has 0 saturated heterocycles. The number of aromatic nitrogens is 2. The van der Waals surface area contributed by atoms with E-state index >= 15 is 0 Å². The molecule has 0 fully saturated rings. The predicted octanol–water partition coefficient (Wildman–Crippen LogP) is 1.95. The average molecular weight is 290 g/mol. The molecule has 0 saturated carbocycles. The van der Waals surface area contributed by atoms with Gasteiger partial charge >= 0.3 is 0 Å². The summed E-state index contributed by atoms with van der Waals surface area (Å²) in [5.74, 6) is -0.232. The molecule has 3 N–H and O–H groups in total. The molecule has 0 aliphatic rings. The molecular weight excluding hydrogens is 272 g/mol. The van der Waals surface area contributed by atoms with E-state index in [4.69, 9.17) is 5.73 Å². The van der Waals surface area contributed by atoms with Gasteiger partial charge in [-0.2, -0.15) is 0 Å². The second-order valence-corrected chi connectivity index (χ2v) is 5.32. The van der Waals surface area contributed by atoms with Gasteiger partial charge in [0.1, 0.15) is 5.01 Å². The van der Waals surface area contributed by atoms with E-state index in [2.05, 4.69) is 15.3 Å². The lowest BCUT2D eigenvalue weighted by atomic mass is 10.2. The summed E-state index contributed by atoms with van der Waals surface area (Å²) < 4.78 is 0. The van der Waals surface area contributed by atoms with Gasteiger partial charge in [-0.25, -0.2) is 4.98 Å². The van der Waals surface area contributed by atoms with Crippen molar-refractivity contribution in [3.8, 4) is 10.7 Å². The van der Waals surface area contributed by atoms with Crippen LogP contribution in [0.15, 0.2) is 29.8 Å². The van der Waals surface area contributed by atoms with Gasteiger partial charge in [0.15, 0.2) is 0 Å². The number of hydrogen-bond acceptors (Lipinski definition) is 5. The molecule has 6 heteroatoms. The first-order chi connectivity index (χ1) is 9.75. The van der Waals surface area contributed by atoms with E-state index in [1.165, 1.54) is 0 Å². The van der Waals surface area contributed by atoms with Gasteiger partial charge in [0.2, 0.25) is 5.91 Å². The van der Waals surface area contributed by atoms with Gasteiger partial charge in [-0.3, -0.25) is 9.78 Å². The molecule has 0 aliphatic carbocycles. The van der Waals surface area contributed by atoms with E-state index in [1.807, 2.05) is 23.6 Å². The van der Waals surface area contributed by atoms with Crippen molar-refractivity contribution in [2.45, 2.75) is 25.8 Å². The number of rotatable bonds is 8. The number of primary amides is 1. The first-order valence-corrected chi connectivity index (χ1v) is 7.48. The zero-order valence-corrected chi connectivity index (χ0v) is 12.0. The number of unbranched alkanes of at least 4 members (excludes halogenated alkanes) is 1. The fourth-order valence-corrected chi connectivity index (χ4v) is 2.56. The molecule has 0 radical (unpaired) electrons. The highest BCUT2D eigenvalue weighted by Gasteiger charge is 2.04. The van der Waals surface area contributed by atoms with Crippen molar-refractivity contribution in [1.29, 1.82) is 0 Å². The minimum Gasteiger partial charge on any atom is -0.370 e. The van der Waals surface area contributed by atoms with Gasteiger partial charge in [-0.15, -0.1) is 11.3 Å². The summed E-state index contributed by atoms with van der Waals surface area (Å²) in [6, 6.07) is 5.81. The highest BCUT2D eigenvalue weighted by molar-refractivity contribution is 7.13. The van der Waals surface area contributed by atoms with Crippen LogP contribution in [-0.4, -0.2) is 22.4 Å². The van der Waals surface area contributed by atoms with Gasteiger partial charge in [-0.05, 0) is 31.5 Å². The van der Waals surface area contributed by atoms with Gasteiger partial charge < -0.3 is 11.1 Å². The van der Waals surface area contributed by atoms with Gasteiger partial charge in [0.25, 0.3) is 0 Å². The Kier molecular flexibility index (Phi) is 5.64. The van der Waals surface area contributed by atoms with Crippen LogP contribution in [0.4, 0.5) is 0 Å². The molecule has 0 atom stereocenters. The molecule has 0 aromatic carbocycles. The van der Waals surface area contributed by atoms with E-state index in [0.29, 0.717) is 6.42 Å². The van der Waals surface area contributed by atoms with Crippen LogP contribution in [0.5, 0.6) is 0 Å². The second-order valence-electron chi connectivity index (χ2n) is 4.46. The van der Waals surface area contributed by atoms with Crippen LogP contribution in [0.2, 0.25) is 0 Å². The summed E-state index contributed by atoms with van der Waals surface area (Å²) in [7, 11) is 0. The molecule has 2 aromatic heterocycles. The van der Waals surface area contributed by atoms with Crippen molar-refractivity contribution in [2.24, 2.45) is 5.73 Å². The van der Waals surface area contributed by atoms with Crippen LogP contribution in [-0.2, 0) is 11.3 Å². The molecule has 2 rings (SSSR count). The lowest BCUT2D eigenvalue weighted by Crippen LogP contribution is -2.16. The summed E-state index contributed by atoms with van der Waals surface area (Å²) in [6.07, 6.45) is 4.01. The average Bonchev–Trinajstić information content (AvgIpc) is 2.92. The largest absolute Gasteiger partial charge is 0.370 e. The lowest BCUT2D eigenvalue weighted by Gasteiger charge is -2.01. The number of amides is 1. The highest BCUT2D eigenvalue weighted by atomic mass is 32.1. The molecule has 2 aromatic rings. The number of thiazole rings is 1. The normalized spacial score (nSPS) is 10.6. The number of carbonyl (C=O) groups is 1. The third-order valence-electron chi connectivity index (χ3n) is 2.77. The van der Waals surface area contributed by atoms with Crippen molar-refractivity contribution in [3.63, 3.8) is 0 Å². The predicted molar refractivity (Wildman–Crippen MR) is 80.1 cm³/mol. The Morgan fingerprint density at radius 2 is 2.25 bits per heavy atom. The molecule has 20 heavy (non-hydrogen) atoms. The van der Waals surface area contributed by atoms with Gasteiger partial charge in [0, 0.05) is 24.5 Å². The van der Waals surface area contributed by atoms with Crippen molar-refractivity contribution in [3.05, 3.63) is 35.5 Å². The maximum absolute atomic E-state index is 10.6. The number of hydrogen-bond donors (Lipinski definition) is 2. The fraction of sp³-hybridized carbons (Fsp3) is 0.357. The molecule has 5 nitrogen and oxygen atoms in total. The maximum Gasteiger partial charge on any atom is 0.217 e. The van der Waals surface area contributed by atoms with E-state index < -0.39 is 0 Å². The van der Waals surface area contributed by atoms with E-state index in [9.17, 15) is 4.79 Å². The van der Waals surface area contributed by atoms with Crippen LogP contribution >= 0.6 is 11.3 Å². The Bertz CT molecular complexity index is 541. The molecule has 2 heterocycles. The number of carbonyl (C=O) groups excluding carboxylic acids is 1. The Labute approximate surface area is 122 Å². The molecular formula is C14H18N4OS. The minimum absolute atomic E-state index is 0.232. The van der Waals surface area contributed by atoms with E-state index in [0.717, 1.165) is 42.3 Å². The quantitative estimate of drug-likeness (QED) is 0.728. The number of nitrogens with one attached hydrogen (secondary N) is 1. The summed E-state index contributed by atoms with van der Waals surface area (Å²) in [5, 5.41) is 6.29. The third-order valence-corrected chi connectivity index (χ3v) is 3.68. The van der Waals surface area contributed by atoms with Crippen LogP contribution in [0.3, 0.4) is 0 Å². The number of pyridine rings is 1. The summed E-state index contributed by atoms with van der Waals surface area (Å²) in [4.78, 5) is 19.4. The monoisotopic (exact) mass is 290 g/mol. The fourth-order valence-electron chi connectivity index (χ4n) is 1.76. The van der Waals surface area contributed by atoms with Crippen molar-refractivity contribution < 1.29 is 4.79 Å². The van der Waals surface area contributed by atoms with Crippen LogP contribution in [0, 0.1) is 0 Å². The highest BCUT2D eigenvalue weighted by Crippen LogP contribution is 2.21. The van der Waals surface area contributed by atoms with Crippen LogP contribution in [0.1, 0.15) is 25.0 Å². The first-order valence-electron chi connectivity index (χ1n) is 6.60. The zero-order chi connectivity index (χ0) is 14.2. The number of nitrogens with two attached hydrogens (primary N) is 1. The van der Waals surface area contributed by atoms with Crippen molar-refractivity contribution in [2.75, 3.05) is 6.54 Å². The summed E-state index contributed by atoms with van der Waals surface area (Å²) >= 11 is 1.60. The van der Waals surface area contributed by atoms with E-state index in [1.54, 1.807) is 17.5 Å². The summed E-state index contributed by atoms with van der Waals surface area (Å²) in [6.45, 7) is 1.60. The smallest absolute Gasteiger partial charge is 0.217 e. The first kappa shape index (κ1) is 14.6. The standard InChI is InChI=1S/C14H18N4OS/c15-13(19)6-2-3-7-16-9-11-10-20-14(18-11)12-5-1-4-8-17-12/h1,4-5,8,10,16H,2-3,6-7,9H2,(H2,15,19). The molecule has 0 spiro atoms. The van der Waals surface area contributed by atoms with Crippen LogP contribution in [0.25, 0.3) is 10.7 Å². The molecule has 106 valence electrons. The molecule has 0 aliphatic heterocycles. The minimum atomic E-state index is -0.232. The molecule has 1 amide bonds. The zero-order valence-electron chi connectivity index (χ0n) is 11.2. The van der Waals surface area contributed by atoms with Gasteiger partial charge in [-0.1, -0.05) is 6.07 Å². The number of nitrogens with zero attached hydrogens (tertiary/aromatic N) is 2. The Morgan fingerprint density at radius 1 is 1.35 bits per heavy atom. The van der Waals surface area contributed by atoms with Crippen molar-refractivity contribution >= 4 is 17.2 Å².